The molecule has 2 heterocycles. The van der Waals surface area contributed by atoms with Crippen molar-refractivity contribution >= 4 is 39.4 Å². The van der Waals surface area contributed by atoms with E-state index >= 15 is 0 Å². The molecule has 0 radical (unpaired) electrons. The van der Waals surface area contributed by atoms with E-state index in [0.717, 1.165) is 11.0 Å². The summed E-state index contributed by atoms with van der Waals surface area (Å²) in [6, 6.07) is 7.74. The maximum absolute atomic E-state index is 11.8. The van der Waals surface area contributed by atoms with E-state index in [9.17, 15) is 4.79 Å². The number of carbonyl (C=O) groups excluding carboxylic acids is 1. The number of aromatic amines is 1. The third-order valence-corrected chi connectivity index (χ3v) is 3.93. The summed E-state index contributed by atoms with van der Waals surface area (Å²) in [6.07, 6.45) is 0. The number of rotatable bonds is 4. The van der Waals surface area contributed by atoms with Crippen LogP contribution in [0.25, 0.3) is 11.0 Å². The molecule has 21 heavy (non-hydrogen) atoms. The third kappa shape index (κ3) is 2.73. The lowest BCUT2D eigenvalue weighted by Gasteiger charge is -1.97. The van der Waals surface area contributed by atoms with E-state index in [2.05, 4.69) is 20.3 Å². The van der Waals surface area contributed by atoms with Gasteiger partial charge in [0.25, 0.3) is 0 Å². The van der Waals surface area contributed by atoms with Crippen LogP contribution in [0, 0.1) is 6.92 Å². The summed E-state index contributed by atoms with van der Waals surface area (Å²) >= 11 is 1.26. The molecule has 0 amide bonds. The average molecular weight is 302 g/mol. The van der Waals surface area contributed by atoms with Gasteiger partial charge in [0, 0.05) is 0 Å². The number of carbonyl (C=O) groups is 1. The van der Waals surface area contributed by atoms with Crippen LogP contribution in [0.3, 0.4) is 0 Å². The molecule has 3 rings (SSSR count). The number of hydrogen-bond acceptors (Lipinski definition) is 6. The van der Waals surface area contributed by atoms with Gasteiger partial charge in [0.15, 0.2) is 5.13 Å². The largest absolute Gasteiger partial charge is 0.462 e. The summed E-state index contributed by atoms with van der Waals surface area (Å²) in [6.45, 7) is 3.91. The number of benzene rings is 1. The van der Waals surface area contributed by atoms with E-state index in [4.69, 9.17) is 4.74 Å². The zero-order valence-corrected chi connectivity index (χ0v) is 12.5. The van der Waals surface area contributed by atoms with E-state index < -0.39 is 0 Å². The Kier molecular flexibility index (Phi) is 3.57. The second kappa shape index (κ2) is 5.53. The number of aryl methyl sites for hydroxylation is 1. The Balaban J connectivity index is 1.84. The van der Waals surface area contributed by atoms with Gasteiger partial charge in [-0.1, -0.05) is 23.5 Å². The van der Waals surface area contributed by atoms with Crippen molar-refractivity contribution in [2.24, 2.45) is 0 Å². The molecule has 0 aliphatic carbocycles. The number of fused-ring (bicyclic) bond motifs is 1. The van der Waals surface area contributed by atoms with Crippen LogP contribution in [-0.2, 0) is 4.74 Å². The van der Waals surface area contributed by atoms with Crippen molar-refractivity contribution in [1.29, 1.82) is 0 Å². The lowest BCUT2D eigenvalue weighted by molar-refractivity contribution is 0.0531. The molecule has 1 aromatic carbocycles. The molecule has 0 bridgehead atoms. The number of hydrogen-bond donors (Lipinski definition) is 2. The van der Waals surface area contributed by atoms with Crippen LogP contribution in [0.1, 0.15) is 22.3 Å². The fourth-order valence-electron chi connectivity index (χ4n) is 1.95. The molecule has 0 fully saturated rings. The van der Waals surface area contributed by atoms with Gasteiger partial charge >= 0.3 is 5.97 Å². The SMILES string of the molecule is CCOC(=O)c1sc(Nc2nc3ccccc3[nH]2)nc1C. The predicted molar refractivity (Wildman–Crippen MR) is 82.2 cm³/mol. The molecule has 2 N–H and O–H groups in total. The highest BCUT2D eigenvalue weighted by Crippen LogP contribution is 2.26. The van der Waals surface area contributed by atoms with Crippen LogP contribution in [0.15, 0.2) is 24.3 Å². The number of nitrogens with zero attached hydrogens (tertiary/aromatic N) is 2. The Hall–Kier alpha value is -2.41. The quantitative estimate of drug-likeness (QED) is 0.723. The molecular weight excluding hydrogens is 288 g/mol. The molecule has 0 saturated heterocycles. The Morgan fingerprint density at radius 2 is 2.19 bits per heavy atom. The van der Waals surface area contributed by atoms with Crippen LogP contribution in [0.2, 0.25) is 0 Å². The first-order chi connectivity index (χ1) is 10.2. The Labute approximate surface area is 125 Å². The summed E-state index contributed by atoms with van der Waals surface area (Å²) in [4.78, 5) is 24.2. The van der Waals surface area contributed by atoms with Crippen LogP contribution < -0.4 is 5.32 Å². The number of para-hydroxylation sites is 2. The lowest BCUT2D eigenvalue weighted by atomic mass is 10.3. The molecule has 2 aromatic heterocycles. The van der Waals surface area contributed by atoms with Gasteiger partial charge in [-0.05, 0) is 26.0 Å². The number of H-pyrrole nitrogens is 1. The van der Waals surface area contributed by atoms with Crippen molar-refractivity contribution in [3.05, 3.63) is 34.8 Å². The maximum atomic E-state index is 11.8. The van der Waals surface area contributed by atoms with Crippen molar-refractivity contribution < 1.29 is 9.53 Å². The average Bonchev–Trinajstić information content (AvgIpc) is 3.02. The predicted octanol–water partition coefficient (Wildman–Crippen LogP) is 3.25. The first-order valence-corrected chi connectivity index (χ1v) is 7.35. The number of esters is 1. The van der Waals surface area contributed by atoms with Gasteiger partial charge in [-0.3, -0.25) is 0 Å². The topological polar surface area (TPSA) is 79.9 Å². The van der Waals surface area contributed by atoms with Gasteiger partial charge in [-0.25, -0.2) is 14.8 Å². The second-order valence-electron chi connectivity index (χ2n) is 4.38. The lowest BCUT2D eigenvalue weighted by Crippen LogP contribution is -2.03. The highest BCUT2D eigenvalue weighted by molar-refractivity contribution is 7.17. The monoisotopic (exact) mass is 302 g/mol. The van der Waals surface area contributed by atoms with Gasteiger partial charge in [0.1, 0.15) is 4.88 Å². The Morgan fingerprint density at radius 3 is 2.95 bits per heavy atom. The molecule has 0 atom stereocenters. The first-order valence-electron chi connectivity index (χ1n) is 6.53. The van der Waals surface area contributed by atoms with E-state index in [-0.39, 0.29) is 5.97 Å². The number of ether oxygens (including phenoxy) is 1. The molecule has 7 heteroatoms. The van der Waals surface area contributed by atoms with Crippen molar-refractivity contribution in [3.63, 3.8) is 0 Å². The van der Waals surface area contributed by atoms with Crippen LogP contribution in [0.4, 0.5) is 11.1 Å². The highest BCUT2D eigenvalue weighted by Gasteiger charge is 2.16. The third-order valence-electron chi connectivity index (χ3n) is 2.87. The number of thiazole rings is 1. The Bertz CT molecular complexity index is 760. The summed E-state index contributed by atoms with van der Waals surface area (Å²) in [7, 11) is 0. The first kappa shape index (κ1) is 13.6. The standard InChI is InChI=1S/C14H14N4O2S/c1-3-20-12(19)11-8(2)15-14(21-11)18-13-16-9-6-4-5-7-10(9)17-13/h4-7H,3H2,1-2H3,(H2,15,16,17,18). The number of nitrogens with one attached hydrogen (secondary N) is 2. The van der Waals surface area contributed by atoms with E-state index in [1.807, 2.05) is 24.3 Å². The van der Waals surface area contributed by atoms with E-state index in [0.29, 0.717) is 28.3 Å². The molecule has 6 nitrogen and oxygen atoms in total. The van der Waals surface area contributed by atoms with Gasteiger partial charge in [0.05, 0.1) is 23.3 Å². The zero-order valence-electron chi connectivity index (χ0n) is 11.6. The number of imidazole rings is 1. The molecule has 0 spiro atoms. The summed E-state index contributed by atoms with van der Waals surface area (Å²) in [5.41, 5.74) is 2.47. The molecular formula is C14H14N4O2S. The van der Waals surface area contributed by atoms with E-state index in [1.165, 1.54) is 11.3 Å². The minimum Gasteiger partial charge on any atom is -0.462 e. The molecule has 0 aliphatic heterocycles. The van der Waals surface area contributed by atoms with Crippen molar-refractivity contribution in [3.8, 4) is 0 Å². The smallest absolute Gasteiger partial charge is 0.350 e. The molecule has 0 unspecified atom stereocenters. The minimum atomic E-state index is -0.342. The van der Waals surface area contributed by atoms with Crippen molar-refractivity contribution in [2.75, 3.05) is 11.9 Å². The highest BCUT2D eigenvalue weighted by atomic mass is 32.1. The minimum absolute atomic E-state index is 0.342. The van der Waals surface area contributed by atoms with Gasteiger partial charge in [0.2, 0.25) is 5.95 Å². The van der Waals surface area contributed by atoms with Crippen molar-refractivity contribution in [2.45, 2.75) is 13.8 Å². The normalized spacial score (nSPS) is 10.8. The van der Waals surface area contributed by atoms with Crippen LogP contribution in [-0.4, -0.2) is 27.5 Å². The van der Waals surface area contributed by atoms with Gasteiger partial charge in [-0.15, -0.1) is 0 Å². The van der Waals surface area contributed by atoms with Crippen LogP contribution >= 0.6 is 11.3 Å². The summed E-state index contributed by atoms with van der Waals surface area (Å²) in [5.74, 6) is 0.255. The molecule has 108 valence electrons. The number of anilines is 2. The fourth-order valence-corrected chi connectivity index (χ4v) is 2.81. The van der Waals surface area contributed by atoms with Gasteiger partial charge in [-0.2, -0.15) is 0 Å². The molecule has 0 saturated carbocycles. The van der Waals surface area contributed by atoms with Gasteiger partial charge < -0.3 is 15.0 Å². The van der Waals surface area contributed by atoms with Crippen LogP contribution in [0.5, 0.6) is 0 Å². The molecule has 3 aromatic rings. The van der Waals surface area contributed by atoms with E-state index in [1.54, 1.807) is 13.8 Å². The maximum Gasteiger partial charge on any atom is 0.350 e. The summed E-state index contributed by atoms with van der Waals surface area (Å²) in [5, 5.41) is 3.69. The summed E-state index contributed by atoms with van der Waals surface area (Å²) < 4.78 is 5.00. The van der Waals surface area contributed by atoms with Crippen molar-refractivity contribution in [1.82, 2.24) is 15.0 Å². The fraction of sp³-hybridized carbons (Fsp3) is 0.214. The molecule has 0 aliphatic rings. The number of aromatic nitrogens is 3. The Morgan fingerprint density at radius 1 is 1.38 bits per heavy atom. The second-order valence-corrected chi connectivity index (χ2v) is 5.38. The zero-order chi connectivity index (χ0) is 14.8.